The first-order valence-electron chi connectivity index (χ1n) is 4.11. The Balaban J connectivity index is 2.63. The average molecular weight is 175 g/mol. The summed E-state index contributed by atoms with van der Waals surface area (Å²) in [6.07, 6.45) is 3.58. The highest BCUT2D eigenvalue weighted by molar-refractivity contribution is 5.79. The van der Waals surface area contributed by atoms with Crippen molar-refractivity contribution in [1.82, 2.24) is 0 Å². The standard InChI is InChI=1S/C11H13NO/c1-3-8-12-9-10-4-6-11(13-2)7-5-10/h3-7,9H,1,8H2,2H3. The molecule has 68 valence electrons. The van der Waals surface area contributed by atoms with Gasteiger partial charge in [-0.3, -0.25) is 4.99 Å². The highest BCUT2D eigenvalue weighted by Gasteiger charge is 1.89. The van der Waals surface area contributed by atoms with E-state index in [-0.39, 0.29) is 0 Å². The third-order valence-electron chi connectivity index (χ3n) is 1.59. The van der Waals surface area contributed by atoms with Crippen LogP contribution in [0.1, 0.15) is 5.56 Å². The van der Waals surface area contributed by atoms with Gasteiger partial charge < -0.3 is 4.74 Å². The number of benzene rings is 1. The monoisotopic (exact) mass is 175 g/mol. The van der Waals surface area contributed by atoms with Crippen LogP contribution in [0.3, 0.4) is 0 Å². The summed E-state index contributed by atoms with van der Waals surface area (Å²) in [5.41, 5.74) is 1.07. The molecule has 0 saturated heterocycles. The van der Waals surface area contributed by atoms with Gasteiger partial charge in [-0.05, 0) is 29.8 Å². The zero-order valence-corrected chi connectivity index (χ0v) is 7.73. The predicted octanol–water partition coefficient (Wildman–Crippen LogP) is 2.30. The molecule has 0 aromatic heterocycles. The Kier molecular flexibility index (Phi) is 3.76. The molecule has 2 nitrogen and oxygen atoms in total. The van der Waals surface area contributed by atoms with Crippen molar-refractivity contribution in [2.75, 3.05) is 13.7 Å². The van der Waals surface area contributed by atoms with Gasteiger partial charge in [0.15, 0.2) is 0 Å². The van der Waals surface area contributed by atoms with E-state index in [2.05, 4.69) is 11.6 Å². The summed E-state index contributed by atoms with van der Waals surface area (Å²) >= 11 is 0. The van der Waals surface area contributed by atoms with Crippen molar-refractivity contribution in [3.8, 4) is 5.75 Å². The second kappa shape index (κ2) is 5.14. The average Bonchev–Trinajstić information content (AvgIpc) is 2.19. The second-order valence-electron chi connectivity index (χ2n) is 2.56. The van der Waals surface area contributed by atoms with Crippen LogP contribution >= 0.6 is 0 Å². The minimum Gasteiger partial charge on any atom is -0.497 e. The highest BCUT2D eigenvalue weighted by Crippen LogP contribution is 2.09. The first kappa shape index (κ1) is 9.52. The van der Waals surface area contributed by atoms with Crippen molar-refractivity contribution in [3.05, 3.63) is 42.5 Å². The van der Waals surface area contributed by atoms with Crippen LogP contribution < -0.4 is 4.74 Å². The summed E-state index contributed by atoms with van der Waals surface area (Å²) in [7, 11) is 1.65. The van der Waals surface area contributed by atoms with E-state index in [1.807, 2.05) is 30.5 Å². The summed E-state index contributed by atoms with van der Waals surface area (Å²) in [5.74, 6) is 0.862. The largest absolute Gasteiger partial charge is 0.497 e. The Morgan fingerprint density at radius 1 is 1.38 bits per heavy atom. The van der Waals surface area contributed by atoms with Crippen LogP contribution in [0.5, 0.6) is 5.75 Å². The number of methoxy groups -OCH3 is 1. The molecule has 0 unspecified atom stereocenters. The van der Waals surface area contributed by atoms with Gasteiger partial charge in [-0.1, -0.05) is 6.08 Å². The van der Waals surface area contributed by atoms with Gasteiger partial charge in [-0.2, -0.15) is 0 Å². The van der Waals surface area contributed by atoms with E-state index in [4.69, 9.17) is 4.74 Å². The van der Waals surface area contributed by atoms with E-state index in [1.165, 1.54) is 0 Å². The maximum absolute atomic E-state index is 5.03. The van der Waals surface area contributed by atoms with Crippen molar-refractivity contribution >= 4 is 6.21 Å². The fourth-order valence-electron chi connectivity index (χ4n) is 0.923. The van der Waals surface area contributed by atoms with Crippen LogP contribution in [0.15, 0.2) is 41.9 Å². The van der Waals surface area contributed by atoms with Gasteiger partial charge in [0, 0.05) is 6.21 Å². The molecule has 0 N–H and O–H groups in total. The molecule has 0 saturated carbocycles. The highest BCUT2D eigenvalue weighted by atomic mass is 16.5. The van der Waals surface area contributed by atoms with E-state index in [0.717, 1.165) is 11.3 Å². The molecule has 0 aliphatic heterocycles. The molecule has 0 aliphatic carbocycles. The lowest BCUT2D eigenvalue weighted by Gasteiger charge is -1.98. The van der Waals surface area contributed by atoms with Crippen LogP contribution in [-0.4, -0.2) is 19.9 Å². The maximum Gasteiger partial charge on any atom is 0.118 e. The van der Waals surface area contributed by atoms with E-state index >= 15 is 0 Å². The van der Waals surface area contributed by atoms with E-state index in [9.17, 15) is 0 Å². The Morgan fingerprint density at radius 2 is 2.08 bits per heavy atom. The van der Waals surface area contributed by atoms with Gasteiger partial charge in [0.1, 0.15) is 5.75 Å². The van der Waals surface area contributed by atoms with Crippen LogP contribution in [0.2, 0.25) is 0 Å². The summed E-state index contributed by atoms with van der Waals surface area (Å²) in [5, 5.41) is 0. The molecule has 0 heterocycles. The van der Waals surface area contributed by atoms with Gasteiger partial charge >= 0.3 is 0 Å². The van der Waals surface area contributed by atoms with Crippen LogP contribution in [0, 0.1) is 0 Å². The Morgan fingerprint density at radius 3 is 2.62 bits per heavy atom. The normalized spacial score (nSPS) is 10.2. The minimum atomic E-state index is 0.659. The summed E-state index contributed by atoms with van der Waals surface area (Å²) in [4.78, 5) is 4.13. The summed E-state index contributed by atoms with van der Waals surface area (Å²) in [6.45, 7) is 4.24. The molecule has 0 atom stereocenters. The van der Waals surface area contributed by atoms with Gasteiger partial charge in [0.05, 0.1) is 13.7 Å². The maximum atomic E-state index is 5.03. The smallest absolute Gasteiger partial charge is 0.118 e. The lowest BCUT2D eigenvalue weighted by molar-refractivity contribution is 0.415. The van der Waals surface area contributed by atoms with Crippen molar-refractivity contribution in [1.29, 1.82) is 0 Å². The van der Waals surface area contributed by atoms with E-state index in [0.29, 0.717) is 6.54 Å². The molecule has 2 heteroatoms. The molecule has 0 radical (unpaired) electrons. The van der Waals surface area contributed by atoms with Crippen molar-refractivity contribution < 1.29 is 4.74 Å². The zero-order chi connectivity index (χ0) is 9.52. The van der Waals surface area contributed by atoms with Gasteiger partial charge in [0.2, 0.25) is 0 Å². The number of hydrogen-bond donors (Lipinski definition) is 0. The Labute approximate surface area is 78.6 Å². The second-order valence-corrected chi connectivity index (χ2v) is 2.56. The fourth-order valence-corrected chi connectivity index (χ4v) is 0.923. The van der Waals surface area contributed by atoms with Crippen LogP contribution in [0.25, 0.3) is 0 Å². The molecule has 0 fully saturated rings. The molecule has 0 spiro atoms. The number of nitrogens with zero attached hydrogens (tertiary/aromatic N) is 1. The topological polar surface area (TPSA) is 21.6 Å². The zero-order valence-electron chi connectivity index (χ0n) is 7.73. The molecular formula is C11H13NO. The number of rotatable bonds is 4. The van der Waals surface area contributed by atoms with E-state index in [1.54, 1.807) is 13.2 Å². The number of aliphatic imine (C=N–C) groups is 1. The third-order valence-corrected chi connectivity index (χ3v) is 1.59. The lowest BCUT2D eigenvalue weighted by atomic mass is 10.2. The molecular weight excluding hydrogens is 162 g/mol. The fraction of sp³-hybridized carbons (Fsp3) is 0.182. The van der Waals surface area contributed by atoms with Gasteiger partial charge in [-0.15, -0.1) is 6.58 Å². The van der Waals surface area contributed by atoms with Crippen LogP contribution in [-0.2, 0) is 0 Å². The van der Waals surface area contributed by atoms with Crippen molar-refractivity contribution in [2.24, 2.45) is 4.99 Å². The van der Waals surface area contributed by atoms with Crippen molar-refractivity contribution in [2.45, 2.75) is 0 Å². The molecule has 0 bridgehead atoms. The Hall–Kier alpha value is -1.57. The lowest BCUT2D eigenvalue weighted by Crippen LogP contribution is -1.85. The van der Waals surface area contributed by atoms with E-state index < -0.39 is 0 Å². The SMILES string of the molecule is C=CCN=Cc1ccc(OC)cc1. The van der Waals surface area contributed by atoms with Crippen molar-refractivity contribution in [3.63, 3.8) is 0 Å². The summed E-state index contributed by atoms with van der Waals surface area (Å²) in [6, 6.07) is 7.75. The van der Waals surface area contributed by atoms with Gasteiger partial charge in [-0.25, -0.2) is 0 Å². The molecule has 1 rings (SSSR count). The number of hydrogen-bond acceptors (Lipinski definition) is 2. The predicted molar refractivity (Wildman–Crippen MR) is 55.7 cm³/mol. The quantitative estimate of drug-likeness (QED) is 0.508. The molecule has 1 aromatic rings. The minimum absolute atomic E-state index is 0.659. The first-order valence-corrected chi connectivity index (χ1v) is 4.11. The molecule has 0 amide bonds. The van der Waals surface area contributed by atoms with Crippen LogP contribution in [0.4, 0.5) is 0 Å². The van der Waals surface area contributed by atoms with Gasteiger partial charge in [0.25, 0.3) is 0 Å². The first-order chi connectivity index (χ1) is 6.36. The molecule has 1 aromatic carbocycles. The Bertz CT molecular complexity index is 287. The number of ether oxygens (including phenoxy) is 1. The molecule has 0 aliphatic rings. The summed E-state index contributed by atoms with van der Waals surface area (Å²) < 4.78 is 5.03. The molecule has 13 heavy (non-hydrogen) atoms. The third kappa shape index (κ3) is 3.11.